The fourth-order valence-corrected chi connectivity index (χ4v) is 3.30. The molecule has 0 saturated heterocycles. The summed E-state index contributed by atoms with van der Waals surface area (Å²) in [5.41, 5.74) is 7.57. The molecule has 1 atom stereocenters. The zero-order valence-electron chi connectivity index (χ0n) is 10.1. The second-order valence-corrected chi connectivity index (χ2v) is 6.09. The molecule has 1 aromatic heterocycles. The molecule has 0 radical (unpaired) electrons. The largest absolute Gasteiger partial charge is 0.389 e. The second kappa shape index (κ2) is 5.98. The van der Waals surface area contributed by atoms with Crippen molar-refractivity contribution in [2.75, 3.05) is 5.32 Å². The lowest BCUT2D eigenvalue weighted by Gasteiger charge is -2.16. The van der Waals surface area contributed by atoms with Crippen molar-refractivity contribution >= 4 is 50.2 Å². The van der Waals surface area contributed by atoms with Crippen molar-refractivity contribution in [1.82, 2.24) is 0 Å². The minimum Gasteiger partial charge on any atom is -0.389 e. The molecule has 1 heterocycles. The molecule has 2 nitrogen and oxygen atoms in total. The molecule has 100 valence electrons. The molecule has 2 rings (SSSR count). The van der Waals surface area contributed by atoms with E-state index in [1.165, 1.54) is 0 Å². The molecular formula is C13H12BrFN2S2. The first-order valence-corrected chi connectivity index (χ1v) is 7.71. The molecule has 3 N–H and O–H groups in total. The van der Waals surface area contributed by atoms with Crippen molar-refractivity contribution in [1.29, 1.82) is 0 Å². The maximum Gasteiger partial charge on any atom is 0.161 e. The molecule has 2 aromatic rings. The van der Waals surface area contributed by atoms with E-state index in [4.69, 9.17) is 18.0 Å². The summed E-state index contributed by atoms with van der Waals surface area (Å²) < 4.78 is 14.5. The van der Waals surface area contributed by atoms with Crippen LogP contribution in [0.3, 0.4) is 0 Å². The summed E-state index contributed by atoms with van der Waals surface area (Å²) in [5.74, 6) is -0.382. The van der Waals surface area contributed by atoms with Gasteiger partial charge in [-0.25, -0.2) is 4.39 Å². The average molecular weight is 359 g/mol. The second-order valence-electron chi connectivity index (χ2n) is 4.08. The summed E-state index contributed by atoms with van der Waals surface area (Å²) in [7, 11) is 0. The van der Waals surface area contributed by atoms with Gasteiger partial charge in [-0.2, -0.15) is 11.3 Å². The van der Waals surface area contributed by atoms with Crippen molar-refractivity contribution < 1.29 is 4.39 Å². The maximum absolute atomic E-state index is 14.2. The van der Waals surface area contributed by atoms with Crippen LogP contribution in [-0.4, -0.2) is 4.99 Å². The van der Waals surface area contributed by atoms with Gasteiger partial charge in [-0.1, -0.05) is 12.2 Å². The van der Waals surface area contributed by atoms with Crippen LogP contribution in [0.1, 0.15) is 24.1 Å². The predicted molar refractivity (Wildman–Crippen MR) is 86.3 cm³/mol. The number of benzene rings is 1. The number of hydrogen-bond donors (Lipinski definition) is 2. The van der Waals surface area contributed by atoms with Crippen molar-refractivity contribution in [3.8, 4) is 0 Å². The third-order valence-corrected chi connectivity index (χ3v) is 4.46. The molecule has 19 heavy (non-hydrogen) atoms. The molecule has 0 bridgehead atoms. The molecule has 1 aromatic carbocycles. The Hall–Kier alpha value is -0.980. The number of halogens is 2. The fraction of sp³-hybridized carbons (Fsp3) is 0.154. The number of thiophene rings is 1. The summed E-state index contributed by atoms with van der Waals surface area (Å²) in [6, 6.07) is 5.40. The summed E-state index contributed by atoms with van der Waals surface area (Å²) in [5, 5.41) is 7.17. The van der Waals surface area contributed by atoms with Gasteiger partial charge in [-0.05, 0) is 57.4 Å². The molecule has 0 aliphatic rings. The number of nitrogens with one attached hydrogen (secondary N) is 1. The van der Waals surface area contributed by atoms with E-state index in [1.807, 2.05) is 23.8 Å². The third-order valence-electron chi connectivity index (χ3n) is 2.76. The minimum atomic E-state index is -0.382. The molecule has 0 saturated carbocycles. The molecular weight excluding hydrogens is 347 g/mol. The normalized spacial score (nSPS) is 12.2. The Morgan fingerprint density at radius 1 is 1.47 bits per heavy atom. The van der Waals surface area contributed by atoms with E-state index in [0.717, 1.165) is 5.56 Å². The lowest BCUT2D eigenvalue weighted by molar-refractivity contribution is 0.620. The minimum absolute atomic E-state index is 0.0309. The van der Waals surface area contributed by atoms with Gasteiger partial charge in [0.2, 0.25) is 0 Å². The van der Waals surface area contributed by atoms with Crippen LogP contribution in [0.15, 0.2) is 33.4 Å². The Bertz CT molecular complexity index is 599. The van der Waals surface area contributed by atoms with Gasteiger partial charge in [-0.3, -0.25) is 0 Å². The van der Waals surface area contributed by atoms with Crippen molar-refractivity contribution in [2.45, 2.75) is 13.0 Å². The number of rotatable bonds is 4. The highest BCUT2D eigenvalue weighted by Gasteiger charge is 2.15. The summed E-state index contributed by atoms with van der Waals surface area (Å²) in [6.07, 6.45) is 0. The topological polar surface area (TPSA) is 38.0 Å². The highest BCUT2D eigenvalue weighted by molar-refractivity contribution is 9.10. The van der Waals surface area contributed by atoms with Gasteiger partial charge < -0.3 is 11.1 Å². The van der Waals surface area contributed by atoms with E-state index >= 15 is 0 Å². The van der Waals surface area contributed by atoms with E-state index in [2.05, 4.69) is 21.2 Å². The quantitative estimate of drug-likeness (QED) is 0.792. The van der Waals surface area contributed by atoms with Gasteiger partial charge >= 0.3 is 0 Å². The van der Waals surface area contributed by atoms with Crippen LogP contribution in [0.5, 0.6) is 0 Å². The van der Waals surface area contributed by atoms with Crippen molar-refractivity contribution in [3.05, 3.63) is 50.4 Å². The first-order valence-electron chi connectivity index (χ1n) is 5.57. The van der Waals surface area contributed by atoms with Gasteiger partial charge in [0, 0.05) is 11.6 Å². The summed E-state index contributed by atoms with van der Waals surface area (Å²) in [6.45, 7) is 1.98. The Labute approximate surface area is 129 Å². The first kappa shape index (κ1) is 14.4. The van der Waals surface area contributed by atoms with E-state index in [-0.39, 0.29) is 16.8 Å². The van der Waals surface area contributed by atoms with Gasteiger partial charge in [-0.15, -0.1) is 0 Å². The van der Waals surface area contributed by atoms with Crippen LogP contribution in [0, 0.1) is 5.82 Å². The van der Waals surface area contributed by atoms with Crippen molar-refractivity contribution in [2.24, 2.45) is 5.73 Å². The molecule has 6 heteroatoms. The zero-order chi connectivity index (χ0) is 14.0. The SMILES string of the molecule is CC(Nc1ccc(C(N)=S)c(Br)c1F)c1ccsc1. The van der Waals surface area contributed by atoms with Crippen LogP contribution in [0.2, 0.25) is 0 Å². The number of nitrogens with two attached hydrogens (primary N) is 1. The van der Waals surface area contributed by atoms with Crippen LogP contribution in [0.25, 0.3) is 0 Å². The van der Waals surface area contributed by atoms with E-state index in [1.54, 1.807) is 23.5 Å². The summed E-state index contributed by atoms with van der Waals surface area (Å²) >= 11 is 9.67. The van der Waals surface area contributed by atoms with Crippen LogP contribution >= 0.6 is 39.5 Å². The summed E-state index contributed by atoms with van der Waals surface area (Å²) in [4.78, 5) is 0.170. The molecule has 0 aliphatic heterocycles. The average Bonchev–Trinajstić information content (AvgIpc) is 2.88. The monoisotopic (exact) mass is 358 g/mol. The smallest absolute Gasteiger partial charge is 0.161 e. The maximum atomic E-state index is 14.2. The predicted octanol–water partition coefficient (Wildman–Crippen LogP) is 4.46. The lowest BCUT2D eigenvalue weighted by Crippen LogP contribution is -2.13. The lowest BCUT2D eigenvalue weighted by atomic mass is 10.1. The van der Waals surface area contributed by atoms with Crippen LogP contribution in [-0.2, 0) is 0 Å². The number of anilines is 1. The fourth-order valence-electron chi connectivity index (χ4n) is 1.69. The van der Waals surface area contributed by atoms with Crippen LogP contribution in [0.4, 0.5) is 10.1 Å². The number of thiocarbonyl (C=S) groups is 1. The van der Waals surface area contributed by atoms with E-state index in [9.17, 15) is 4.39 Å². The molecule has 1 unspecified atom stereocenters. The van der Waals surface area contributed by atoms with Crippen LogP contribution < -0.4 is 11.1 Å². The van der Waals surface area contributed by atoms with Gasteiger partial charge in [0.05, 0.1) is 10.2 Å². The third kappa shape index (κ3) is 3.13. The van der Waals surface area contributed by atoms with E-state index in [0.29, 0.717) is 15.7 Å². The highest BCUT2D eigenvalue weighted by Crippen LogP contribution is 2.29. The molecule has 0 amide bonds. The molecule has 0 spiro atoms. The van der Waals surface area contributed by atoms with Gasteiger partial charge in [0.1, 0.15) is 4.99 Å². The van der Waals surface area contributed by atoms with E-state index < -0.39 is 0 Å². The van der Waals surface area contributed by atoms with Gasteiger partial charge in [0.15, 0.2) is 5.82 Å². The Morgan fingerprint density at radius 2 is 2.21 bits per heavy atom. The standard InChI is InChI=1S/C13H12BrFN2S2/c1-7(8-4-5-19-6-8)17-10-3-2-9(13(16)18)11(14)12(10)15/h2-7,17H,1H3,(H2,16,18). The van der Waals surface area contributed by atoms with Gasteiger partial charge in [0.25, 0.3) is 0 Å². The zero-order valence-corrected chi connectivity index (χ0v) is 13.3. The Kier molecular flexibility index (Phi) is 4.54. The number of hydrogen-bond acceptors (Lipinski definition) is 3. The molecule has 0 fully saturated rings. The molecule has 0 aliphatic carbocycles. The Morgan fingerprint density at radius 3 is 2.79 bits per heavy atom. The van der Waals surface area contributed by atoms with Crippen molar-refractivity contribution in [3.63, 3.8) is 0 Å². The highest BCUT2D eigenvalue weighted by atomic mass is 79.9. The first-order chi connectivity index (χ1) is 9.00. The Balaban J connectivity index is 2.27.